The van der Waals surface area contributed by atoms with Gasteiger partial charge in [-0.25, -0.2) is 0 Å². The van der Waals surface area contributed by atoms with Crippen molar-refractivity contribution < 1.29 is 4.42 Å². The molecule has 3 aromatic rings. The van der Waals surface area contributed by atoms with E-state index in [0.29, 0.717) is 11.8 Å². The first kappa shape index (κ1) is 15.3. The third kappa shape index (κ3) is 3.59. The average molecular weight is 311 g/mol. The molecule has 1 aromatic carbocycles. The Hall–Kier alpha value is -2.63. The Kier molecular flexibility index (Phi) is 4.14. The monoisotopic (exact) mass is 311 g/mol. The lowest BCUT2D eigenvalue weighted by atomic mass is 10.2. The van der Waals surface area contributed by atoms with E-state index in [9.17, 15) is 0 Å². The van der Waals surface area contributed by atoms with Crippen LogP contribution in [0.3, 0.4) is 0 Å². The lowest BCUT2D eigenvalue weighted by Gasteiger charge is -2.13. The Morgan fingerprint density at radius 3 is 2.65 bits per heavy atom. The summed E-state index contributed by atoms with van der Waals surface area (Å²) in [6.07, 6.45) is 0. The summed E-state index contributed by atoms with van der Waals surface area (Å²) in [5.74, 6) is 1.17. The number of anilines is 1. The standard InChI is InChI=1S/C17H21N5O/c1-11-8-12(2)22(21-11)10-15-6-5-7-16(9-15)18-13(3)17-20-19-14(4)23-17/h5-9,13,18H,10H2,1-4H3/t13-/m1/s1. The lowest BCUT2D eigenvalue weighted by Crippen LogP contribution is -2.08. The molecule has 0 aliphatic rings. The van der Waals surface area contributed by atoms with Gasteiger partial charge in [0.25, 0.3) is 0 Å². The van der Waals surface area contributed by atoms with E-state index in [1.165, 1.54) is 5.56 Å². The van der Waals surface area contributed by atoms with Crippen LogP contribution in [0.1, 0.15) is 41.7 Å². The molecule has 6 heteroatoms. The number of hydrogen-bond donors (Lipinski definition) is 1. The Labute approximate surface area is 135 Å². The zero-order chi connectivity index (χ0) is 16.4. The van der Waals surface area contributed by atoms with Crippen molar-refractivity contribution in [1.82, 2.24) is 20.0 Å². The van der Waals surface area contributed by atoms with Gasteiger partial charge >= 0.3 is 0 Å². The second kappa shape index (κ2) is 6.24. The van der Waals surface area contributed by atoms with Crippen molar-refractivity contribution in [2.75, 3.05) is 5.32 Å². The summed E-state index contributed by atoms with van der Waals surface area (Å²) in [4.78, 5) is 0. The normalized spacial score (nSPS) is 12.3. The van der Waals surface area contributed by atoms with Gasteiger partial charge in [-0.2, -0.15) is 5.10 Å². The van der Waals surface area contributed by atoms with Crippen LogP contribution in [0, 0.1) is 20.8 Å². The highest BCUT2D eigenvalue weighted by Crippen LogP contribution is 2.20. The topological polar surface area (TPSA) is 68.8 Å². The molecular formula is C17H21N5O. The van der Waals surface area contributed by atoms with Crippen LogP contribution in [0.15, 0.2) is 34.7 Å². The van der Waals surface area contributed by atoms with Gasteiger partial charge in [0.1, 0.15) is 6.04 Å². The van der Waals surface area contributed by atoms with Crippen LogP contribution < -0.4 is 5.32 Å². The molecule has 0 unspecified atom stereocenters. The number of rotatable bonds is 5. The molecule has 23 heavy (non-hydrogen) atoms. The van der Waals surface area contributed by atoms with Gasteiger partial charge in [0, 0.05) is 18.3 Å². The largest absolute Gasteiger partial charge is 0.423 e. The molecule has 0 saturated carbocycles. The van der Waals surface area contributed by atoms with Crippen molar-refractivity contribution in [2.45, 2.75) is 40.3 Å². The van der Waals surface area contributed by atoms with Gasteiger partial charge in [0.2, 0.25) is 11.8 Å². The van der Waals surface area contributed by atoms with E-state index in [0.717, 1.165) is 23.6 Å². The van der Waals surface area contributed by atoms with Crippen molar-refractivity contribution in [1.29, 1.82) is 0 Å². The minimum Gasteiger partial charge on any atom is -0.423 e. The molecule has 2 aromatic heterocycles. The van der Waals surface area contributed by atoms with Crippen molar-refractivity contribution in [3.63, 3.8) is 0 Å². The van der Waals surface area contributed by atoms with Crippen molar-refractivity contribution in [3.05, 3.63) is 59.1 Å². The zero-order valence-electron chi connectivity index (χ0n) is 13.9. The first-order valence-electron chi connectivity index (χ1n) is 7.68. The predicted octanol–water partition coefficient (Wildman–Crippen LogP) is 3.41. The fourth-order valence-electron chi connectivity index (χ4n) is 2.57. The van der Waals surface area contributed by atoms with Crippen molar-refractivity contribution in [2.24, 2.45) is 0 Å². The molecule has 0 bridgehead atoms. The van der Waals surface area contributed by atoms with Crippen LogP contribution in [-0.4, -0.2) is 20.0 Å². The molecule has 3 rings (SSSR count). The number of benzene rings is 1. The third-order valence-electron chi connectivity index (χ3n) is 3.66. The Morgan fingerprint density at radius 1 is 1.17 bits per heavy atom. The number of nitrogens with one attached hydrogen (secondary N) is 1. The highest BCUT2D eigenvalue weighted by atomic mass is 16.4. The number of aryl methyl sites for hydroxylation is 3. The Balaban J connectivity index is 1.73. The molecule has 0 saturated heterocycles. The molecule has 0 aliphatic heterocycles. The first-order chi connectivity index (χ1) is 11.0. The summed E-state index contributed by atoms with van der Waals surface area (Å²) in [5, 5.41) is 15.8. The maximum Gasteiger partial charge on any atom is 0.238 e. The number of nitrogens with zero attached hydrogens (tertiary/aromatic N) is 4. The van der Waals surface area contributed by atoms with Gasteiger partial charge in [-0.05, 0) is 44.5 Å². The minimum atomic E-state index is -0.0415. The molecule has 1 atom stereocenters. The maximum atomic E-state index is 5.46. The second-order valence-corrected chi connectivity index (χ2v) is 5.81. The van der Waals surface area contributed by atoms with E-state index in [1.807, 2.05) is 30.7 Å². The summed E-state index contributed by atoms with van der Waals surface area (Å²) < 4.78 is 7.48. The summed E-state index contributed by atoms with van der Waals surface area (Å²) in [6, 6.07) is 10.3. The van der Waals surface area contributed by atoms with Crippen LogP contribution in [0.5, 0.6) is 0 Å². The van der Waals surface area contributed by atoms with Crippen LogP contribution >= 0.6 is 0 Å². The van der Waals surface area contributed by atoms with Crippen LogP contribution in [0.2, 0.25) is 0 Å². The zero-order valence-corrected chi connectivity index (χ0v) is 13.9. The molecule has 0 radical (unpaired) electrons. The third-order valence-corrected chi connectivity index (χ3v) is 3.66. The average Bonchev–Trinajstić information content (AvgIpc) is 3.05. The fourth-order valence-corrected chi connectivity index (χ4v) is 2.57. The smallest absolute Gasteiger partial charge is 0.238 e. The summed E-state index contributed by atoms with van der Waals surface area (Å²) in [5.41, 5.74) is 4.41. The van der Waals surface area contributed by atoms with Gasteiger partial charge in [0.15, 0.2) is 0 Å². The maximum absolute atomic E-state index is 5.46. The van der Waals surface area contributed by atoms with Gasteiger partial charge in [-0.3, -0.25) is 4.68 Å². The van der Waals surface area contributed by atoms with Crippen LogP contribution in [-0.2, 0) is 6.54 Å². The highest BCUT2D eigenvalue weighted by molar-refractivity contribution is 5.46. The first-order valence-corrected chi connectivity index (χ1v) is 7.68. The minimum absolute atomic E-state index is 0.0415. The van der Waals surface area contributed by atoms with Crippen molar-refractivity contribution in [3.8, 4) is 0 Å². The van der Waals surface area contributed by atoms with E-state index >= 15 is 0 Å². The van der Waals surface area contributed by atoms with Gasteiger partial charge in [0.05, 0.1) is 12.2 Å². The van der Waals surface area contributed by atoms with E-state index in [-0.39, 0.29) is 6.04 Å². The molecule has 6 nitrogen and oxygen atoms in total. The summed E-state index contributed by atoms with van der Waals surface area (Å²) in [7, 11) is 0. The Morgan fingerprint density at radius 2 is 2.00 bits per heavy atom. The molecule has 1 N–H and O–H groups in total. The van der Waals surface area contributed by atoms with E-state index in [1.54, 1.807) is 6.92 Å². The molecule has 0 aliphatic carbocycles. The van der Waals surface area contributed by atoms with E-state index in [2.05, 4.69) is 45.7 Å². The van der Waals surface area contributed by atoms with Gasteiger partial charge in [-0.1, -0.05) is 12.1 Å². The molecule has 0 amide bonds. The van der Waals surface area contributed by atoms with Gasteiger partial charge < -0.3 is 9.73 Å². The van der Waals surface area contributed by atoms with Gasteiger partial charge in [-0.15, -0.1) is 10.2 Å². The van der Waals surface area contributed by atoms with E-state index in [4.69, 9.17) is 4.42 Å². The fraction of sp³-hybridized carbons (Fsp3) is 0.353. The van der Waals surface area contributed by atoms with Crippen molar-refractivity contribution >= 4 is 5.69 Å². The molecule has 0 spiro atoms. The Bertz CT molecular complexity index is 805. The molecule has 0 fully saturated rings. The summed E-state index contributed by atoms with van der Waals surface area (Å²) >= 11 is 0. The molecule has 2 heterocycles. The number of aromatic nitrogens is 4. The SMILES string of the molecule is Cc1cc(C)n(Cc2cccc(N[C@H](C)c3nnc(C)o3)c2)n1. The van der Waals surface area contributed by atoms with Crippen LogP contribution in [0.4, 0.5) is 5.69 Å². The van der Waals surface area contributed by atoms with Crippen LogP contribution in [0.25, 0.3) is 0 Å². The number of hydrogen-bond acceptors (Lipinski definition) is 5. The van der Waals surface area contributed by atoms with E-state index < -0.39 is 0 Å². The quantitative estimate of drug-likeness (QED) is 0.782. The lowest BCUT2D eigenvalue weighted by molar-refractivity contribution is 0.451. The predicted molar refractivity (Wildman–Crippen MR) is 88.3 cm³/mol. The highest BCUT2D eigenvalue weighted by Gasteiger charge is 2.12. The molecule has 120 valence electrons. The summed E-state index contributed by atoms with van der Waals surface area (Å²) in [6.45, 7) is 8.62. The molecular weight excluding hydrogens is 290 g/mol. The second-order valence-electron chi connectivity index (χ2n) is 5.81.